The Kier molecular flexibility index (Phi) is 2.46. The predicted octanol–water partition coefficient (Wildman–Crippen LogP) is 2.72. The Morgan fingerprint density at radius 1 is 1.36 bits per heavy atom. The number of hydrogen-bond acceptors (Lipinski definition) is 2. The molecule has 0 amide bonds. The van der Waals surface area contributed by atoms with E-state index >= 15 is 0 Å². The smallest absolute Gasteiger partial charge is 0.119 e. The van der Waals surface area contributed by atoms with E-state index < -0.39 is 0 Å². The molecule has 0 aliphatic carbocycles. The van der Waals surface area contributed by atoms with Gasteiger partial charge in [-0.3, -0.25) is 0 Å². The molecule has 1 unspecified atom stereocenters. The van der Waals surface area contributed by atoms with E-state index in [1.165, 1.54) is 5.56 Å². The molecule has 1 aromatic carbocycles. The van der Waals surface area contributed by atoms with Crippen LogP contribution in [0.1, 0.15) is 25.8 Å². The second-order valence-electron chi connectivity index (χ2n) is 3.79. The van der Waals surface area contributed by atoms with Crippen LogP contribution in [0.3, 0.4) is 0 Å². The molecule has 0 spiro atoms. The van der Waals surface area contributed by atoms with Crippen molar-refractivity contribution in [2.45, 2.75) is 25.9 Å². The Hall–Kier alpha value is -1.02. The van der Waals surface area contributed by atoms with Gasteiger partial charge in [0.2, 0.25) is 0 Å². The molecule has 0 saturated carbocycles. The zero-order valence-electron chi connectivity index (χ0n) is 8.75. The lowest BCUT2D eigenvalue weighted by atomic mass is 9.89. The lowest BCUT2D eigenvalue weighted by molar-refractivity contribution is -0.140. The molecule has 2 nitrogen and oxygen atoms in total. The van der Waals surface area contributed by atoms with Crippen LogP contribution in [0, 0.1) is 0 Å². The summed E-state index contributed by atoms with van der Waals surface area (Å²) in [5, 5.41) is 0. The third kappa shape index (κ3) is 1.62. The van der Waals surface area contributed by atoms with Crippen molar-refractivity contribution in [1.82, 2.24) is 0 Å². The second-order valence-corrected chi connectivity index (χ2v) is 3.79. The largest absolute Gasteiger partial charge is 0.494 e. The first-order chi connectivity index (χ1) is 6.74. The molecular weight excluding hydrogens is 176 g/mol. The number of ether oxygens (including phenoxy) is 2. The molecule has 0 bridgehead atoms. The van der Waals surface area contributed by atoms with Crippen molar-refractivity contribution in [1.29, 1.82) is 0 Å². The fourth-order valence-corrected chi connectivity index (χ4v) is 1.71. The minimum absolute atomic E-state index is 0.0508. The first kappa shape index (κ1) is 9.53. The van der Waals surface area contributed by atoms with E-state index in [-0.39, 0.29) is 5.60 Å². The van der Waals surface area contributed by atoms with Gasteiger partial charge >= 0.3 is 0 Å². The summed E-state index contributed by atoms with van der Waals surface area (Å²) in [6.45, 7) is 5.72. The molecule has 0 N–H and O–H groups in total. The van der Waals surface area contributed by atoms with Crippen molar-refractivity contribution in [2.75, 3.05) is 13.2 Å². The Bertz CT molecular complexity index is 299. The van der Waals surface area contributed by atoms with Crippen LogP contribution in [0.15, 0.2) is 24.3 Å². The SMILES string of the molecule is CCOc1ccc(C2(C)CCO2)cc1. The van der Waals surface area contributed by atoms with Crippen molar-refractivity contribution in [3.8, 4) is 5.75 Å². The minimum atomic E-state index is -0.0508. The maximum absolute atomic E-state index is 5.56. The van der Waals surface area contributed by atoms with Crippen LogP contribution in [0.4, 0.5) is 0 Å². The monoisotopic (exact) mass is 192 g/mol. The van der Waals surface area contributed by atoms with Gasteiger partial charge in [0, 0.05) is 6.42 Å². The van der Waals surface area contributed by atoms with Gasteiger partial charge in [0.05, 0.1) is 18.8 Å². The molecular formula is C12H16O2. The normalized spacial score (nSPS) is 25.6. The van der Waals surface area contributed by atoms with Crippen molar-refractivity contribution in [2.24, 2.45) is 0 Å². The predicted molar refractivity (Wildman–Crippen MR) is 55.5 cm³/mol. The van der Waals surface area contributed by atoms with Gasteiger partial charge in [0.1, 0.15) is 5.75 Å². The van der Waals surface area contributed by atoms with Crippen LogP contribution in [0.5, 0.6) is 5.75 Å². The molecule has 1 heterocycles. The average molecular weight is 192 g/mol. The second kappa shape index (κ2) is 3.62. The molecule has 1 saturated heterocycles. The van der Waals surface area contributed by atoms with Gasteiger partial charge in [-0.25, -0.2) is 0 Å². The molecule has 1 fully saturated rings. The van der Waals surface area contributed by atoms with Crippen LogP contribution in [0.25, 0.3) is 0 Å². The number of hydrogen-bond donors (Lipinski definition) is 0. The van der Waals surface area contributed by atoms with E-state index in [0.29, 0.717) is 6.61 Å². The molecule has 1 aliphatic heterocycles. The van der Waals surface area contributed by atoms with Gasteiger partial charge in [-0.05, 0) is 31.5 Å². The topological polar surface area (TPSA) is 18.5 Å². The highest BCUT2D eigenvalue weighted by atomic mass is 16.5. The van der Waals surface area contributed by atoms with Gasteiger partial charge < -0.3 is 9.47 Å². The van der Waals surface area contributed by atoms with E-state index in [9.17, 15) is 0 Å². The van der Waals surface area contributed by atoms with Crippen molar-refractivity contribution in [3.05, 3.63) is 29.8 Å². The molecule has 76 valence electrons. The Labute approximate surface area is 84.8 Å². The molecule has 1 atom stereocenters. The summed E-state index contributed by atoms with van der Waals surface area (Å²) in [7, 11) is 0. The summed E-state index contributed by atoms with van der Waals surface area (Å²) < 4.78 is 10.9. The van der Waals surface area contributed by atoms with Gasteiger partial charge in [0.15, 0.2) is 0 Å². The summed E-state index contributed by atoms with van der Waals surface area (Å²) in [5.74, 6) is 0.930. The highest BCUT2D eigenvalue weighted by molar-refractivity contribution is 5.31. The summed E-state index contributed by atoms with van der Waals surface area (Å²) in [6, 6.07) is 8.19. The first-order valence-electron chi connectivity index (χ1n) is 5.12. The van der Waals surface area contributed by atoms with Crippen LogP contribution in [-0.2, 0) is 10.3 Å². The fourth-order valence-electron chi connectivity index (χ4n) is 1.71. The summed E-state index contributed by atoms with van der Waals surface area (Å²) in [4.78, 5) is 0. The zero-order chi connectivity index (χ0) is 10.0. The zero-order valence-corrected chi connectivity index (χ0v) is 8.75. The van der Waals surface area contributed by atoms with Gasteiger partial charge in [0.25, 0.3) is 0 Å². The summed E-state index contributed by atoms with van der Waals surface area (Å²) in [5.41, 5.74) is 1.19. The molecule has 1 aliphatic rings. The maximum Gasteiger partial charge on any atom is 0.119 e. The quantitative estimate of drug-likeness (QED) is 0.733. The molecule has 0 radical (unpaired) electrons. The summed E-state index contributed by atoms with van der Waals surface area (Å²) >= 11 is 0. The molecule has 2 heteroatoms. The van der Waals surface area contributed by atoms with Crippen molar-refractivity contribution in [3.63, 3.8) is 0 Å². The maximum atomic E-state index is 5.56. The van der Waals surface area contributed by atoms with Crippen LogP contribution in [0.2, 0.25) is 0 Å². The van der Waals surface area contributed by atoms with E-state index in [1.54, 1.807) is 0 Å². The van der Waals surface area contributed by atoms with Gasteiger partial charge in [-0.1, -0.05) is 12.1 Å². The highest BCUT2D eigenvalue weighted by Crippen LogP contribution is 2.37. The van der Waals surface area contributed by atoms with Crippen molar-refractivity contribution >= 4 is 0 Å². The van der Waals surface area contributed by atoms with Gasteiger partial charge in [-0.15, -0.1) is 0 Å². The fraction of sp³-hybridized carbons (Fsp3) is 0.500. The van der Waals surface area contributed by atoms with Gasteiger partial charge in [-0.2, -0.15) is 0 Å². The highest BCUT2D eigenvalue weighted by Gasteiger charge is 2.34. The summed E-state index contributed by atoms with van der Waals surface area (Å²) in [6.07, 6.45) is 1.11. The average Bonchev–Trinajstić information content (AvgIpc) is 2.16. The molecule has 2 rings (SSSR count). The third-order valence-electron chi connectivity index (χ3n) is 2.78. The third-order valence-corrected chi connectivity index (χ3v) is 2.78. The van der Waals surface area contributed by atoms with E-state index in [0.717, 1.165) is 18.8 Å². The Morgan fingerprint density at radius 3 is 2.43 bits per heavy atom. The van der Waals surface area contributed by atoms with Crippen LogP contribution >= 0.6 is 0 Å². The first-order valence-corrected chi connectivity index (χ1v) is 5.12. The van der Waals surface area contributed by atoms with E-state index in [2.05, 4.69) is 19.1 Å². The number of rotatable bonds is 3. The number of benzene rings is 1. The lowest BCUT2D eigenvalue weighted by Gasteiger charge is -2.39. The lowest BCUT2D eigenvalue weighted by Crippen LogP contribution is -2.37. The van der Waals surface area contributed by atoms with Crippen LogP contribution < -0.4 is 4.74 Å². The standard InChI is InChI=1S/C12H16O2/c1-3-13-11-6-4-10(5-7-11)12(2)8-9-14-12/h4-7H,3,8-9H2,1-2H3. The minimum Gasteiger partial charge on any atom is -0.494 e. The Morgan fingerprint density at radius 2 is 2.00 bits per heavy atom. The molecule has 1 aromatic rings. The van der Waals surface area contributed by atoms with Crippen molar-refractivity contribution < 1.29 is 9.47 Å². The molecule has 0 aromatic heterocycles. The molecule has 14 heavy (non-hydrogen) atoms. The van der Waals surface area contributed by atoms with Crippen LogP contribution in [-0.4, -0.2) is 13.2 Å². The van der Waals surface area contributed by atoms with E-state index in [4.69, 9.17) is 9.47 Å². The van der Waals surface area contributed by atoms with E-state index in [1.807, 2.05) is 19.1 Å². The Balaban J connectivity index is 2.13.